The molecule has 0 radical (unpaired) electrons. The average Bonchev–Trinajstić information content (AvgIpc) is 2.84. The minimum Gasteiger partial charge on any atom is -0.443 e. The maximum absolute atomic E-state index is 12.7. The van der Waals surface area contributed by atoms with Gasteiger partial charge < -0.3 is 4.74 Å². The predicted octanol–water partition coefficient (Wildman–Crippen LogP) is 4.60. The Morgan fingerprint density at radius 3 is 2.43 bits per heavy atom. The highest BCUT2D eigenvalue weighted by Gasteiger charge is 2.36. The van der Waals surface area contributed by atoms with Crippen LogP contribution >= 0.6 is 0 Å². The smallest absolute Gasteiger partial charge is 0.415 e. The van der Waals surface area contributed by atoms with Crippen molar-refractivity contribution < 1.29 is 9.53 Å². The monoisotopic (exact) mass is 309 g/mol. The molecule has 3 rings (SSSR count). The molecule has 0 bridgehead atoms. The van der Waals surface area contributed by atoms with Crippen LogP contribution in [0.25, 0.3) is 0 Å². The van der Waals surface area contributed by atoms with Gasteiger partial charge in [0.05, 0.1) is 5.69 Å². The van der Waals surface area contributed by atoms with Crippen molar-refractivity contribution in [3.05, 3.63) is 65.7 Å². The molecule has 0 fully saturated rings. The molecule has 1 aliphatic heterocycles. The summed E-state index contributed by atoms with van der Waals surface area (Å²) in [7, 11) is 0. The molecule has 0 unspecified atom stereocenters. The van der Waals surface area contributed by atoms with Crippen molar-refractivity contribution in [3.63, 3.8) is 0 Å². The van der Waals surface area contributed by atoms with Gasteiger partial charge in [-0.05, 0) is 50.8 Å². The number of rotatable bonds is 2. The van der Waals surface area contributed by atoms with Gasteiger partial charge in [-0.15, -0.1) is 0 Å². The van der Waals surface area contributed by atoms with E-state index in [0.717, 1.165) is 18.5 Å². The van der Waals surface area contributed by atoms with Crippen LogP contribution in [0.15, 0.2) is 54.6 Å². The van der Waals surface area contributed by atoms with Crippen LogP contribution in [0.5, 0.6) is 0 Å². The van der Waals surface area contributed by atoms with Crippen LogP contribution in [0, 0.1) is 0 Å². The van der Waals surface area contributed by atoms with Crippen molar-refractivity contribution >= 4 is 11.8 Å². The van der Waals surface area contributed by atoms with Gasteiger partial charge in [-0.2, -0.15) is 0 Å². The lowest BCUT2D eigenvalue weighted by Crippen LogP contribution is -2.42. The van der Waals surface area contributed by atoms with Crippen molar-refractivity contribution in [1.29, 1.82) is 0 Å². The average molecular weight is 309 g/mol. The Morgan fingerprint density at radius 2 is 1.74 bits per heavy atom. The number of fused-ring (bicyclic) bond motifs is 1. The molecule has 0 aliphatic carbocycles. The molecule has 120 valence electrons. The lowest BCUT2D eigenvalue weighted by Gasteiger charge is -2.29. The topological polar surface area (TPSA) is 29.5 Å². The minimum atomic E-state index is -0.494. The highest BCUT2D eigenvalue weighted by Crippen LogP contribution is 2.34. The number of carbonyl (C=O) groups excluding carboxylic acids is 1. The standard InChI is InChI=1S/C20H23NO2/c1-20(2,3)23-19(22)21-17(13-15-9-5-4-6-10-15)14-16-11-7-8-12-18(16)21/h4-12,17H,13-14H2,1-3H3/t17-/m0/s1. The Kier molecular flexibility index (Phi) is 4.12. The molecule has 2 aromatic carbocycles. The van der Waals surface area contributed by atoms with Crippen LogP contribution in [-0.2, 0) is 17.6 Å². The number of carbonyl (C=O) groups is 1. The van der Waals surface area contributed by atoms with Gasteiger partial charge in [0.1, 0.15) is 5.60 Å². The van der Waals surface area contributed by atoms with E-state index in [0.29, 0.717) is 0 Å². The molecule has 23 heavy (non-hydrogen) atoms. The second-order valence-corrected chi connectivity index (χ2v) is 7.03. The number of ether oxygens (including phenoxy) is 1. The Bertz CT molecular complexity index is 688. The summed E-state index contributed by atoms with van der Waals surface area (Å²) < 4.78 is 5.63. The van der Waals surface area contributed by atoms with E-state index >= 15 is 0 Å². The van der Waals surface area contributed by atoms with Crippen LogP contribution in [0.4, 0.5) is 10.5 Å². The maximum Gasteiger partial charge on any atom is 0.415 e. The zero-order valence-corrected chi connectivity index (χ0v) is 14.0. The first-order valence-corrected chi connectivity index (χ1v) is 8.08. The summed E-state index contributed by atoms with van der Waals surface area (Å²) in [5.74, 6) is 0. The summed E-state index contributed by atoms with van der Waals surface area (Å²) in [4.78, 5) is 14.6. The van der Waals surface area contributed by atoms with Crippen LogP contribution in [0.1, 0.15) is 31.9 Å². The first-order chi connectivity index (χ1) is 10.9. The summed E-state index contributed by atoms with van der Waals surface area (Å²) in [6.07, 6.45) is 1.43. The molecule has 3 heteroatoms. The molecule has 0 spiro atoms. The van der Waals surface area contributed by atoms with Crippen molar-refractivity contribution in [3.8, 4) is 0 Å². The van der Waals surface area contributed by atoms with Crippen LogP contribution < -0.4 is 4.90 Å². The highest BCUT2D eigenvalue weighted by atomic mass is 16.6. The molecule has 0 saturated carbocycles. The number of hydrogen-bond acceptors (Lipinski definition) is 2. The van der Waals surface area contributed by atoms with Gasteiger partial charge in [0.25, 0.3) is 0 Å². The van der Waals surface area contributed by atoms with Gasteiger partial charge >= 0.3 is 6.09 Å². The fraction of sp³-hybridized carbons (Fsp3) is 0.350. The summed E-state index contributed by atoms with van der Waals surface area (Å²) >= 11 is 0. The largest absolute Gasteiger partial charge is 0.443 e. The predicted molar refractivity (Wildman–Crippen MR) is 92.8 cm³/mol. The molecule has 1 heterocycles. The molecule has 3 nitrogen and oxygen atoms in total. The molecule has 0 saturated heterocycles. The SMILES string of the molecule is CC(C)(C)OC(=O)N1c2ccccc2C[C@@H]1Cc1ccccc1. The van der Waals surface area contributed by atoms with Crippen molar-refractivity contribution in [2.24, 2.45) is 0 Å². The fourth-order valence-corrected chi connectivity index (χ4v) is 3.07. The van der Waals surface area contributed by atoms with E-state index in [2.05, 4.69) is 18.2 Å². The summed E-state index contributed by atoms with van der Waals surface area (Å²) in [6.45, 7) is 5.71. The number of nitrogens with zero attached hydrogens (tertiary/aromatic N) is 1. The normalized spacial score (nSPS) is 17.0. The Hall–Kier alpha value is -2.29. The minimum absolute atomic E-state index is 0.102. The third-order valence-corrected chi connectivity index (χ3v) is 3.98. The van der Waals surface area contributed by atoms with Gasteiger partial charge in [0, 0.05) is 6.04 Å². The third kappa shape index (κ3) is 3.55. The second kappa shape index (κ2) is 6.07. The lowest BCUT2D eigenvalue weighted by atomic mass is 10.0. The van der Waals surface area contributed by atoms with Gasteiger partial charge in [-0.3, -0.25) is 4.90 Å². The first-order valence-electron chi connectivity index (χ1n) is 8.08. The number of hydrogen-bond donors (Lipinski definition) is 0. The van der Waals surface area contributed by atoms with E-state index in [1.165, 1.54) is 11.1 Å². The lowest BCUT2D eigenvalue weighted by molar-refractivity contribution is 0.0570. The third-order valence-electron chi connectivity index (χ3n) is 3.98. The zero-order chi connectivity index (χ0) is 16.4. The quantitative estimate of drug-likeness (QED) is 0.811. The Balaban J connectivity index is 1.88. The molecular weight excluding hydrogens is 286 g/mol. The molecule has 1 atom stereocenters. The number of amides is 1. The van der Waals surface area contributed by atoms with E-state index in [9.17, 15) is 4.79 Å². The van der Waals surface area contributed by atoms with Crippen LogP contribution in [0.2, 0.25) is 0 Å². The highest BCUT2D eigenvalue weighted by molar-refractivity contribution is 5.91. The Morgan fingerprint density at radius 1 is 1.09 bits per heavy atom. The van der Waals surface area contributed by atoms with E-state index in [1.807, 2.05) is 62.1 Å². The first kappa shape index (κ1) is 15.6. The van der Waals surface area contributed by atoms with Crippen molar-refractivity contribution in [1.82, 2.24) is 0 Å². The summed E-state index contributed by atoms with van der Waals surface area (Å²) in [5.41, 5.74) is 2.92. The van der Waals surface area contributed by atoms with Gasteiger partial charge in [-0.1, -0.05) is 48.5 Å². The molecule has 1 amide bonds. The van der Waals surface area contributed by atoms with Crippen LogP contribution in [0.3, 0.4) is 0 Å². The maximum atomic E-state index is 12.7. The van der Waals surface area contributed by atoms with E-state index in [1.54, 1.807) is 0 Å². The molecule has 2 aromatic rings. The van der Waals surface area contributed by atoms with E-state index < -0.39 is 5.60 Å². The van der Waals surface area contributed by atoms with Gasteiger partial charge in [0.15, 0.2) is 0 Å². The zero-order valence-electron chi connectivity index (χ0n) is 14.0. The Labute approximate surface area is 137 Å². The van der Waals surface area contributed by atoms with Crippen molar-refractivity contribution in [2.75, 3.05) is 4.90 Å². The number of para-hydroxylation sites is 1. The summed E-state index contributed by atoms with van der Waals surface area (Å²) in [6, 6.07) is 18.5. The molecule has 1 aliphatic rings. The van der Waals surface area contributed by atoms with E-state index in [4.69, 9.17) is 4.74 Å². The second-order valence-electron chi connectivity index (χ2n) is 7.03. The molecule has 0 N–H and O–H groups in total. The van der Waals surface area contributed by atoms with Crippen molar-refractivity contribution in [2.45, 2.75) is 45.3 Å². The fourth-order valence-electron chi connectivity index (χ4n) is 3.07. The van der Waals surface area contributed by atoms with Gasteiger partial charge in [0.2, 0.25) is 0 Å². The number of anilines is 1. The van der Waals surface area contributed by atoms with Gasteiger partial charge in [-0.25, -0.2) is 4.79 Å². The summed E-state index contributed by atoms with van der Waals surface area (Å²) in [5, 5.41) is 0. The molecule has 0 aromatic heterocycles. The molecular formula is C20H23NO2. The van der Waals surface area contributed by atoms with E-state index in [-0.39, 0.29) is 12.1 Å². The van der Waals surface area contributed by atoms with Crippen LogP contribution in [-0.4, -0.2) is 17.7 Å². The number of benzene rings is 2.